The van der Waals surface area contributed by atoms with Crippen molar-refractivity contribution in [1.82, 2.24) is 14.7 Å². The fourth-order valence-electron chi connectivity index (χ4n) is 3.91. The number of thiophene rings is 1. The molecule has 2 saturated heterocycles. The van der Waals surface area contributed by atoms with Gasteiger partial charge in [-0.05, 0) is 41.8 Å². The minimum absolute atomic E-state index is 0.192. The Hall–Kier alpha value is -2.57. The van der Waals surface area contributed by atoms with E-state index in [1.807, 2.05) is 30.3 Å². The number of fused-ring (bicyclic) bond motifs is 1. The number of hydrogen-bond donors (Lipinski definition) is 2. The molecule has 5 rings (SSSR count). The van der Waals surface area contributed by atoms with Crippen molar-refractivity contribution in [3.63, 3.8) is 0 Å². The van der Waals surface area contributed by atoms with Crippen LogP contribution in [-0.2, 0) is 19.5 Å². The molecule has 32 heavy (non-hydrogen) atoms. The van der Waals surface area contributed by atoms with E-state index >= 15 is 0 Å². The topological polar surface area (TPSA) is 112 Å². The Balaban J connectivity index is 1.26. The second kappa shape index (κ2) is 8.75. The predicted molar refractivity (Wildman–Crippen MR) is 119 cm³/mol. The Kier molecular flexibility index (Phi) is 5.82. The van der Waals surface area contributed by atoms with Gasteiger partial charge < -0.3 is 19.5 Å². The average molecular weight is 475 g/mol. The third-order valence-corrected chi connectivity index (χ3v) is 8.36. The third-order valence-electron chi connectivity index (χ3n) is 5.48. The van der Waals surface area contributed by atoms with Crippen LogP contribution in [0.1, 0.15) is 0 Å². The van der Waals surface area contributed by atoms with Crippen molar-refractivity contribution in [3.05, 3.63) is 54.0 Å². The van der Waals surface area contributed by atoms with E-state index in [-0.39, 0.29) is 29.1 Å². The highest BCUT2D eigenvalue weighted by Crippen LogP contribution is 2.30. The van der Waals surface area contributed by atoms with Crippen LogP contribution >= 0.6 is 11.3 Å². The summed E-state index contributed by atoms with van der Waals surface area (Å²) >= 11 is 1.17. The van der Waals surface area contributed by atoms with Crippen LogP contribution in [0, 0.1) is 0 Å². The smallest absolute Gasteiger partial charge is 0.250 e. The van der Waals surface area contributed by atoms with Gasteiger partial charge in [-0.2, -0.15) is 0 Å². The summed E-state index contributed by atoms with van der Waals surface area (Å²) in [6, 6.07) is 12.1. The molecule has 0 saturated carbocycles. The van der Waals surface area contributed by atoms with Crippen molar-refractivity contribution >= 4 is 27.3 Å². The van der Waals surface area contributed by atoms with Gasteiger partial charge >= 0.3 is 0 Å². The van der Waals surface area contributed by atoms with Crippen molar-refractivity contribution < 1.29 is 22.6 Å². The lowest BCUT2D eigenvalue weighted by Crippen LogP contribution is -2.44. The zero-order chi connectivity index (χ0) is 22.1. The summed E-state index contributed by atoms with van der Waals surface area (Å²) in [5.74, 6) is 1.23. The van der Waals surface area contributed by atoms with E-state index in [0.29, 0.717) is 12.6 Å². The van der Waals surface area contributed by atoms with Crippen molar-refractivity contribution in [1.29, 1.82) is 0 Å². The molecular formula is C21H22N4O5S2. The van der Waals surface area contributed by atoms with Crippen molar-refractivity contribution in [2.45, 2.75) is 28.5 Å². The summed E-state index contributed by atoms with van der Waals surface area (Å²) < 4.78 is 45.1. The minimum Gasteiger partial charge on any atom is -0.497 e. The average Bonchev–Trinajstić information content (AvgIpc) is 3.55. The number of nitrogens with one attached hydrogen (secondary N) is 2. The van der Waals surface area contributed by atoms with Crippen LogP contribution in [0.25, 0.3) is 11.3 Å². The zero-order valence-electron chi connectivity index (χ0n) is 17.2. The summed E-state index contributed by atoms with van der Waals surface area (Å²) in [4.78, 5) is 8.92. The van der Waals surface area contributed by atoms with Gasteiger partial charge in [0.15, 0.2) is 0 Å². The first kappa shape index (κ1) is 21.3. The highest BCUT2D eigenvalue weighted by Gasteiger charge is 2.49. The maximum absolute atomic E-state index is 12.6. The van der Waals surface area contributed by atoms with Gasteiger partial charge in [0.05, 0.1) is 38.1 Å². The SMILES string of the molecule is COc1ccc(-c2ccnc(N[C@H]3CO[C@H]4[C@@H]3OC[C@@H]4NS(=O)(=O)c3cccs3)n2)cc1. The maximum atomic E-state index is 12.6. The van der Waals surface area contributed by atoms with Crippen LogP contribution in [0.5, 0.6) is 5.75 Å². The molecule has 11 heteroatoms. The highest BCUT2D eigenvalue weighted by atomic mass is 32.2. The third kappa shape index (κ3) is 4.21. The monoisotopic (exact) mass is 474 g/mol. The normalized spacial score (nSPS) is 24.9. The molecule has 2 aliphatic heterocycles. The van der Waals surface area contributed by atoms with Crippen LogP contribution in [0.4, 0.5) is 5.95 Å². The van der Waals surface area contributed by atoms with Gasteiger partial charge in [0.1, 0.15) is 22.2 Å². The Morgan fingerprint density at radius 2 is 1.81 bits per heavy atom. The molecule has 0 aliphatic carbocycles. The molecule has 0 radical (unpaired) electrons. The summed E-state index contributed by atoms with van der Waals surface area (Å²) in [5.41, 5.74) is 1.71. The minimum atomic E-state index is -3.60. The van der Waals surface area contributed by atoms with Gasteiger partial charge in [0.2, 0.25) is 16.0 Å². The van der Waals surface area contributed by atoms with Gasteiger partial charge in [0, 0.05) is 11.8 Å². The van der Waals surface area contributed by atoms with Crippen LogP contribution in [0.3, 0.4) is 0 Å². The molecule has 4 atom stereocenters. The molecule has 2 fully saturated rings. The maximum Gasteiger partial charge on any atom is 0.250 e. The predicted octanol–water partition coefficient (Wildman–Crippen LogP) is 2.14. The van der Waals surface area contributed by atoms with E-state index in [1.54, 1.807) is 30.8 Å². The van der Waals surface area contributed by atoms with Crippen LogP contribution in [-0.4, -0.2) is 63.0 Å². The first-order chi connectivity index (χ1) is 15.5. The van der Waals surface area contributed by atoms with E-state index in [2.05, 4.69) is 20.0 Å². The fraction of sp³-hybridized carbons (Fsp3) is 0.333. The lowest BCUT2D eigenvalue weighted by molar-refractivity contribution is 0.0690. The Labute approximate surface area is 189 Å². The van der Waals surface area contributed by atoms with Gasteiger partial charge in [0.25, 0.3) is 0 Å². The van der Waals surface area contributed by atoms with Gasteiger partial charge in [-0.15, -0.1) is 11.3 Å². The summed E-state index contributed by atoms with van der Waals surface area (Å²) in [5, 5.41) is 5.01. The largest absolute Gasteiger partial charge is 0.497 e. The Morgan fingerprint density at radius 3 is 2.53 bits per heavy atom. The molecule has 3 aromatic rings. The molecule has 1 aromatic carbocycles. The lowest BCUT2D eigenvalue weighted by Gasteiger charge is -2.18. The number of nitrogens with zero attached hydrogens (tertiary/aromatic N) is 2. The first-order valence-electron chi connectivity index (χ1n) is 10.1. The van der Waals surface area contributed by atoms with Crippen molar-refractivity contribution in [2.24, 2.45) is 0 Å². The number of methoxy groups -OCH3 is 1. The number of aromatic nitrogens is 2. The van der Waals surface area contributed by atoms with Gasteiger partial charge in [-0.25, -0.2) is 23.1 Å². The van der Waals surface area contributed by atoms with Crippen molar-refractivity contribution in [2.75, 3.05) is 25.6 Å². The van der Waals surface area contributed by atoms with Gasteiger partial charge in [-0.3, -0.25) is 0 Å². The Morgan fingerprint density at radius 1 is 1.06 bits per heavy atom. The number of hydrogen-bond acceptors (Lipinski definition) is 9. The van der Waals surface area contributed by atoms with Crippen molar-refractivity contribution in [3.8, 4) is 17.0 Å². The summed E-state index contributed by atoms with van der Waals surface area (Å²) in [6.45, 7) is 0.605. The number of benzene rings is 1. The molecule has 2 aliphatic rings. The molecule has 2 N–H and O–H groups in total. The van der Waals surface area contributed by atoms with E-state index in [1.165, 1.54) is 11.3 Å². The van der Waals surface area contributed by atoms with Crippen LogP contribution < -0.4 is 14.8 Å². The standard InChI is InChI=1S/C21H22N4O5S2/c1-28-14-6-4-13(5-7-14)15-8-9-22-21(23-15)24-16-11-29-20-17(12-30-19(16)20)25-32(26,27)18-3-2-10-31-18/h2-10,16-17,19-20,25H,11-12H2,1H3,(H,22,23,24)/t16-,17-,19+,20+/m0/s1. The molecule has 0 spiro atoms. The number of sulfonamides is 1. The molecular weight excluding hydrogens is 452 g/mol. The number of anilines is 1. The molecule has 9 nitrogen and oxygen atoms in total. The second-order valence-corrected chi connectivity index (χ2v) is 10.4. The van der Waals surface area contributed by atoms with E-state index in [0.717, 1.165) is 17.0 Å². The Bertz CT molecular complexity index is 1170. The highest BCUT2D eigenvalue weighted by molar-refractivity contribution is 7.91. The van der Waals surface area contributed by atoms with Crippen LogP contribution in [0.2, 0.25) is 0 Å². The zero-order valence-corrected chi connectivity index (χ0v) is 18.8. The summed E-state index contributed by atoms with van der Waals surface area (Å²) in [6.07, 6.45) is 1.00. The first-order valence-corrected chi connectivity index (χ1v) is 12.4. The number of ether oxygens (including phenoxy) is 3. The van der Waals surface area contributed by atoms with E-state index in [9.17, 15) is 8.42 Å². The fourth-order valence-corrected chi connectivity index (χ4v) is 6.16. The quantitative estimate of drug-likeness (QED) is 0.536. The second-order valence-electron chi connectivity index (χ2n) is 7.50. The van der Waals surface area contributed by atoms with E-state index < -0.39 is 16.1 Å². The molecule has 4 heterocycles. The summed E-state index contributed by atoms with van der Waals surface area (Å²) in [7, 11) is -1.98. The van der Waals surface area contributed by atoms with Crippen LogP contribution in [0.15, 0.2) is 58.3 Å². The molecule has 0 bridgehead atoms. The lowest BCUT2D eigenvalue weighted by atomic mass is 10.1. The molecule has 0 unspecified atom stereocenters. The number of rotatable bonds is 7. The molecule has 2 aromatic heterocycles. The molecule has 168 valence electrons. The van der Waals surface area contributed by atoms with E-state index in [4.69, 9.17) is 14.2 Å². The molecule has 0 amide bonds. The van der Waals surface area contributed by atoms with Gasteiger partial charge in [-0.1, -0.05) is 6.07 Å².